The van der Waals surface area contributed by atoms with Crippen LogP contribution in [0.2, 0.25) is 0 Å². The van der Waals surface area contributed by atoms with E-state index in [9.17, 15) is 9.59 Å². The summed E-state index contributed by atoms with van der Waals surface area (Å²) in [6.45, 7) is 0. The highest BCUT2D eigenvalue weighted by molar-refractivity contribution is 6.08. The Kier molecular flexibility index (Phi) is 3.92. The number of nitrogens with zero attached hydrogens (tertiary/aromatic N) is 1. The van der Waals surface area contributed by atoms with Crippen molar-refractivity contribution in [1.82, 2.24) is 0 Å². The summed E-state index contributed by atoms with van der Waals surface area (Å²) in [6.07, 6.45) is 1.45. The molecule has 1 saturated heterocycles. The fraction of sp³-hybridized carbons (Fsp3) is 0.222. The number of ether oxygens (including phenoxy) is 1. The summed E-state index contributed by atoms with van der Waals surface area (Å²) in [5, 5.41) is 0. The molecule has 1 fully saturated rings. The van der Waals surface area contributed by atoms with Gasteiger partial charge in [-0.3, -0.25) is 4.79 Å². The number of rotatable bonds is 5. The van der Waals surface area contributed by atoms with Crippen LogP contribution in [0, 0.1) is 5.92 Å². The lowest BCUT2D eigenvalue weighted by molar-refractivity contribution is -0.133. The number of hydrogen-bond acceptors (Lipinski definition) is 3. The van der Waals surface area contributed by atoms with Crippen LogP contribution in [-0.4, -0.2) is 25.3 Å². The zero-order valence-electron chi connectivity index (χ0n) is 12.3. The van der Waals surface area contributed by atoms with Gasteiger partial charge in [-0.25, -0.2) is 0 Å². The van der Waals surface area contributed by atoms with Gasteiger partial charge in [-0.1, -0.05) is 30.3 Å². The smallest absolute Gasteiger partial charge is 0.233 e. The Morgan fingerprint density at radius 3 is 2.36 bits per heavy atom. The first kappa shape index (κ1) is 14.3. The van der Waals surface area contributed by atoms with E-state index in [2.05, 4.69) is 0 Å². The third-order valence-electron chi connectivity index (χ3n) is 4.05. The average Bonchev–Trinajstić information content (AvgIpc) is 2.58. The summed E-state index contributed by atoms with van der Waals surface area (Å²) >= 11 is 0. The van der Waals surface area contributed by atoms with E-state index in [1.165, 1.54) is 0 Å². The molecule has 1 heterocycles. The molecule has 1 aliphatic heterocycles. The molecule has 0 spiro atoms. The zero-order valence-corrected chi connectivity index (χ0v) is 12.3. The minimum atomic E-state index is -0.402. The normalized spacial score (nSPS) is 20.4. The van der Waals surface area contributed by atoms with E-state index in [-0.39, 0.29) is 11.8 Å². The maximum absolute atomic E-state index is 12.4. The van der Waals surface area contributed by atoms with Gasteiger partial charge in [-0.15, -0.1) is 0 Å². The largest absolute Gasteiger partial charge is 0.497 e. The van der Waals surface area contributed by atoms with Gasteiger partial charge in [-0.2, -0.15) is 0 Å². The average molecular weight is 295 g/mol. The van der Waals surface area contributed by atoms with Crippen LogP contribution in [0.15, 0.2) is 54.6 Å². The van der Waals surface area contributed by atoms with Crippen LogP contribution >= 0.6 is 0 Å². The number of benzene rings is 2. The maximum Gasteiger partial charge on any atom is 0.233 e. The molecule has 0 N–H and O–H groups in total. The van der Waals surface area contributed by atoms with Gasteiger partial charge in [0.15, 0.2) is 0 Å². The Hall–Kier alpha value is -2.62. The standard InChI is InChI=1S/C18H17NO3/c1-22-15-9-7-14(8-10-15)19-17(12-20)16(18(19)21)11-13-5-3-2-4-6-13/h2-10,12,16-17H,11H2,1H3/t16-,17+/m0/s1. The van der Waals surface area contributed by atoms with E-state index in [1.54, 1.807) is 36.3 Å². The number of amides is 1. The molecule has 2 aromatic carbocycles. The molecule has 0 radical (unpaired) electrons. The minimum Gasteiger partial charge on any atom is -0.497 e. The van der Waals surface area contributed by atoms with Gasteiger partial charge in [0.25, 0.3) is 0 Å². The van der Waals surface area contributed by atoms with Crippen molar-refractivity contribution < 1.29 is 14.3 Å². The Morgan fingerprint density at radius 2 is 1.77 bits per heavy atom. The summed E-state index contributed by atoms with van der Waals surface area (Å²) in [6, 6.07) is 16.5. The molecule has 3 rings (SSSR count). The fourth-order valence-corrected chi connectivity index (χ4v) is 2.84. The number of anilines is 1. The SMILES string of the molecule is COc1ccc(N2C(=O)[C@@H](Cc3ccccc3)[C@H]2C=O)cc1. The number of aldehydes is 1. The van der Waals surface area contributed by atoms with Crippen molar-refractivity contribution >= 4 is 17.9 Å². The number of carbonyl (C=O) groups excluding carboxylic acids is 2. The number of methoxy groups -OCH3 is 1. The molecule has 0 saturated carbocycles. The number of hydrogen-bond donors (Lipinski definition) is 0. The van der Waals surface area contributed by atoms with Gasteiger partial charge < -0.3 is 14.4 Å². The third-order valence-corrected chi connectivity index (χ3v) is 4.05. The van der Waals surface area contributed by atoms with Crippen LogP contribution in [0.3, 0.4) is 0 Å². The predicted octanol–water partition coefficient (Wildman–Crippen LogP) is 2.47. The van der Waals surface area contributed by atoms with Gasteiger partial charge in [0, 0.05) is 5.69 Å². The summed E-state index contributed by atoms with van der Waals surface area (Å²) in [5.74, 6) is 0.438. The van der Waals surface area contributed by atoms with Gasteiger partial charge in [0.2, 0.25) is 5.91 Å². The molecule has 2 aromatic rings. The topological polar surface area (TPSA) is 46.6 Å². The van der Waals surface area contributed by atoms with Crippen molar-refractivity contribution in [2.45, 2.75) is 12.5 Å². The van der Waals surface area contributed by atoms with Crippen LogP contribution in [0.25, 0.3) is 0 Å². The molecule has 22 heavy (non-hydrogen) atoms. The summed E-state index contributed by atoms with van der Waals surface area (Å²) in [7, 11) is 1.59. The number of carbonyl (C=O) groups is 2. The second-order valence-corrected chi connectivity index (χ2v) is 5.33. The van der Waals surface area contributed by atoms with Crippen molar-refractivity contribution in [3.63, 3.8) is 0 Å². The minimum absolute atomic E-state index is 0.00822. The van der Waals surface area contributed by atoms with Crippen molar-refractivity contribution in [1.29, 1.82) is 0 Å². The Balaban J connectivity index is 1.77. The molecule has 0 aromatic heterocycles. The van der Waals surface area contributed by atoms with E-state index in [0.717, 1.165) is 23.3 Å². The third kappa shape index (κ3) is 2.48. The van der Waals surface area contributed by atoms with Crippen LogP contribution in [0.4, 0.5) is 5.69 Å². The maximum atomic E-state index is 12.4. The second-order valence-electron chi connectivity index (χ2n) is 5.33. The van der Waals surface area contributed by atoms with E-state index in [1.807, 2.05) is 30.3 Å². The second kappa shape index (κ2) is 6.02. The Morgan fingerprint density at radius 1 is 1.09 bits per heavy atom. The highest BCUT2D eigenvalue weighted by Crippen LogP contribution is 2.34. The molecule has 112 valence electrons. The molecule has 4 nitrogen and oxygen atoms in total. The lowest BCUT2D eigenvalue weighted by Crippen LogP contribution is -2.62. The highest BCUT2D eigenvalue weighted by Gasteiger charge is 2.47. The quantitative estimate of drug-likeness (QED) is 0.629. The molecule has 1 amide bonds. The predicted molar refractivity (Wildman–Crippen MR) is 84.0 cm³/mol. The molecule has 1 aliphatic rings. The first-order valence-electron chi connectivity index (χ1n) is 7.21. The van der Waals surface area contributed by atoms with Crippen LogP contribution in [0.1, 0.15) is 5.56 Å². The Labute approximate surface area is 129 Å². The molecule has 0 aliphatic carbocycles. The molecular formula is C18H17NO3. The van der Waals surface area contributed by atoms with Crippen LogP contribution in [-0.2, 0) is 16.0 Å². The van der Waals surface area contributed by atoms with E-state index in [0.29, 0.717) is 6.42 Å². The lowest BCUT2D eigenvalue weighted by Gasteiger charge is -2.44. The van der Waals surface area contributed by atoms with Gasteiger partial charge in [0.1, 0.15) is 18.1 Å². The fourth-order valence-electron chi connectivity index (χ4n) is 2.84. The van der Waals surface area contributed by atoms with Gasteiger partial charge in [-0.05, 0) is 36.2 Å². The van der Waals surface area contributed by atoms with Crippen molar-refractivity contribution in [3.05, 3.63) is 60.2 Å². The zero-order chi connectivity index (χ0) is 15.5. The molecule has 0 bridgehead atoms. The van der Waals surface area contributed by atoms with E-state index in [4.69, 9.17) is 4.74 Å². The Bertz CT molecular complexity index is 666. The monoisotopic (exact) mass is 295 g/mol. The first-order chi connectivity index (χ1) is 10.7. The highest BCUT2D eigenvalue weighted by atomic mass is 16.5. The summed E-state index contributed by atoms with van der Waals surface area (Å²) in [4.78, 5) is 25.4. The van der Waals surface area contributed by atoms with Gasteiger partial charge >= 0.3 is 0 Å². The van der Waals surface area contributed by atoms with E-state index < -0.39 is 6.04 Å². The van der Waals surface area contributed by atoms with E-state index >= 15 is 0 Å². The van der Waals surface area contributed by atoms with Crippen LogP contribution < -0.4 is 9.64 Å². The molecular weight excluding hydrogens is 278 g/mol. The van der Waals surface area contributed by atoms with Crippen molar-refractivity contribution in [2.75, 3.05) is 12.0 Å². The van der Waals surface area contributed by atoms with Crippen molar-refractivity contribution in [3.8, 4) is 5.75 Å². The van der Waals surface area contributed by atoms with Gasteiger partial charge in [0.05, 0.1) is 13.0 Å². The molecule has 0 unspecified atom stereocenters. The summed E-state index contributed by atoms with van der Waals surface area (Å²) < 4.78 is 5.11. The van der Waals surface area contributed by atoms with Crippen LogP contribution in [0.5, 0.6) is 5.75 Å². The first-order valence-corrected chi connectivity index (χ1v) is 7.21. The number of β-lactam (4-membered cyclic amide) rings is 1. The molecule has 2 atom stereocenters. The summed E-state index contributed by atoms with van der Waals surface area (Å²) in [5.41, 5.74) is 1.80. The molecule has 4 heteroatoms. The van der Waals surface area contributed by atoms with Crippen molar-refractivity contribution in [2.24, 2.45) is 5.92 Å². The lowest BCUT2D eigenvalue weighted by atomic mass is 9.82.